The van der Waals surface area contributed by atoms with Crippen LogP contribution in [0, 0.1) is 6.92 Å². The van der Waals surface area contributed by atoms with Crippen LogP contribution in [-0.4, -0.2) is 49.0 Å². The molecule has 2 heterocycles. The van der Waals surface area contributed by atoms with Crippen molar-refractivity contribution in [3.63, 3.8) is 0 Å². The van der Waals surface area contributed by atoms with Gasteiger partial charge in [-0.1, -0.05) is 24.6 Å². The number of halogens is 1. The molecule has 0 bridgehead atoms. The third-order valence-corrected chi connectivity index (χ3v) is 7.99. The molecule has 0 aliphatic carbocycles. The molecule has 1 aromatic heterocycles. The van der Waals surface area contributed by atoms with Gasteiger partial charge in [-0.25, -0.2) is 12.7 Å². The summed E-state index contributed by atoms with van der Waals surface area (Å²) in [7, 11) is -3.24. The maximum atomic E-state index is 12.7. The Morgan fingerprint density at radius 3 is 2.43 bits per heavy atom. The van der Waals surface area contributed by atoms with Gasteiger partial charge in [0.15, 0.2) is 0 Å². The van der Waals surface area contributed by atoms with E-state index < -0.39 is 15.4 Å². The molecular weight excluding hydrogens is 422 g/mol. The summed E-state index contributed by atoms with van der Waals surface area (Å²) in [6, 6.07) is 12.6. The van der Waals surface area contributed by atoms with Crippen molar-refractivity contribution < 1.29 is 13.2 Å². The maximum Gasteiger partial charge on any atom is 0.251 e. The van der Waals surface area contributed by atoms with Crippen LogP contribution in [0.25, 0.3) is 0 Å². The first kappa shape index (κ1) is 22.7. The highest BCUT2D eigenvalue weighted by molar-refractivity contribution is 7.89. The van der Waals surface area contributed by atoms with Crippen LogP contribution in [0.5, 0.6) is 0 Å². The molecule has 162 valence electrons. The van der Waals surface area contributed by atoms with Gasteiger partial charge in [-0.2, -0.15) is 0 Å². The predicted molar refractivity (Wildman–Crippen MR) is 119 cm³/mol. The van der Waals surface area contributed by atoms with Crippen LogP contribution in [-0.2, 0) is 15.4 Å². The lowest BCUT2D eigenvalue weighted by Crippen LogP contribution is -2.51. The van der Waals surface area contributed by atoms with Crippen molar-refractivity contribution in [2.75, 3.05) is 25.4 Å². The molecule has 8 heteroatoms. The van der Waals surface area contributed by atoms with Gasteiger partial charge in [0.25, 0.3) is 5.91 Å². The number of rotatable bonds is 7. The SMILES string of the molecule is CCCS(=O)(=O)N1CCC(CNC(=O)c2ccc(Cl)cc2)(c2cccc(C)n2)CC1. The normalized spacial score (nSPS) is 16.9. The Labute approximate surface area is 183 Å². The minimum atomic E-state index is -3.24. The number of amides is 1. The van der Waals surface area contributed by atoms with Gasteiger partial charge in [0.2, 0.25) is 10.0 Å². The number of hydrogen-bond acceptors (Lipinski definition) is 4. The van der Waals surface area contributed by atoms with E-state index in [0.717, 1.165) is 11.4 Å². The molecule has 0 saturated carbocycles. The number of hydrogen-bond donors (Lipinski definition) is 1. The van der Waals surface area contributed by atoms with Crippen LogP contribution >= 0.6 is 11.6 Å². The van der Waals surface area contributed by atoms with Gasteiger partial charge in [-0.05, 0) is 62.6 Å². The van der Waals surface area contributed by atoms with E-state index in [0.29, 0.717) is 49.5 Å². The highest BCUT2D eigenvalue weighted by Gasteiger charge is 2.40. The van der Waals surface area contributed by atoms with Crippen molar-refractivity contribution in [3.05, 3.63) is 64.4 Å². The minimum absolute atomic E-state index is 0.163. The summed E-state index contributed by atoms with van der Waals surface area (Å²) in [6.07, 6.45) is 1.81. The molecule has 0 spiro atoms. The molecule has 0 atom stereocenters. The summed E-state index contributed by atoms with van der Waals surface area (Å²) < 4.78 is 26.6. The lowest BCUT2D eigenvalue weighted by Gasteiger charge is -2.41. The largest absolute Gasteiger partial charge is 0.351 e. The molecule has 3 rings (SSSR count). The number of carbonyl (C=O) groups is 1. The van der Waals surface area contributed by atoms with Crippen molar-refractivity contribution >= 4 is 27.5 Å². The number of aromatic nitrogens is 1. The molecule has 1 N–H and O–H groups in total. The van der Waals surface area contributed by atoms with E-state index in [1.807, 2.05) is 32.0 Å². The van der Waals surface area contributed by atoms with Crippen LogP contribution in [0.1, 0.15) is 47.9 Å². The second kappa shape index (κ2) is 9.45. The number of carbonyl (C=O) groups excluding carboxylic acids is 1. The molecular formula is C22H28ClN3O3S. The maximum absolute atomic E-state index is 12.7. The number of pyridine rings is 1. The number of nitrogens with one attached hydrogen (secondary N) is 1. The molecule has 1 fully saturated rings. The van der Waals surface area contributed by atoms with E-state index >= 15 is 0 Å². The average molecular weight is 450 g/mol. The molecule has 1 aromatic carbocycles. The summed E-state index contributed by atoms with van der Waals surface area (Å²) in [4.78, 5) is 17.4. The van der Waals surface area contributed by atoms with Gasteiger partial charge in [0.05, 0.1) is 5.75 Å². The molecule has 1 amide bonds. The first-order chi connectivity index (χ1) is 14.3. The van der Waals surface area contributed by atoms with Gasteiger partial charge >= 0.3 is 0 Å². The molecule has 2 aromatic rings. The van der Waals surface area contributed by atoms with Crippen molar-refractivity contribution in [1.29, 1.82) is 0 Å². The van der Waals surface area contributed by atoms with Crippen LogP contribution in [0.4, 0.5) is 0 Å². The topological polar surface area (TPSA) is 79.4 Å². The van der Waals surface area contributed by atoms with Gasteiger partial charge in [0.1, 0.15) is 0 Å². The highest BCUT2D eigenvalue weighted by Crippen LogP contribution is 2.35. The van der Waals surface area contributed by atoms with Gasteiger partial charge in [-0.3, -0.25) is 9.78 Å². The average Bonchev–Trinajstić information content (AvgIpc) is 2.73. The van der Waals surface area contributed by atoms with Crippen molar-refractivity contribution in [2.24, 2.45) is 0 Å². The minimum Gasteiger partial charge on any atom is -0.351 e. The number of benzene rings is 1. The monoisotopic (exact) mass is 449 g/mol. The van der Waals surface area contributed by atoms with E-state index in [9.17, 15) is 13.2 Å². The quantitative estimate of drug-likeness (QED) is 0.701. The van der Waals surface area contributed by atoms with Crippen LogP contribution < -0.4 is 5.32 Å². The Hall–Kier alpha value is -1.96. The summed E-state index contributed by atoms with van der Waals surface area (Å²) in [5.74, 6) is -0.0181. The molecule has 30 heavy (non-hydrogen) atoms. The number of piperidine rings is 1. The highest BCUT2D eigenvalue weighted by atomic mass is 35.5. The van der Waals surface area contributed by atoms with E-state index in [1.54, 1.807) is 28.6 Å². The zero-order valence-electron chi connectivity index (χ0n) is 17.4. The third-order valence-electron chi connectivity index (χ3n) is 5.66. The first-order valence-corrected chi connectivity index (χ1v) is 12.2. The Balaban J connectivity index is 1.80. The van der Waals surface area contributed by atoms with Crippen LogP contribution in [0.15, 0.2) is 42.5 Å². The van der Waals surface area contributed by atoms with Gasteiger partial charge in [0, 0.05) is 47.0 Å². The van der Waals surface area contributed by atoms with Crippen molar-refractivity contribution in [2.45, 2.75) is 38.5 Å². The van der Waals surface area contributed by atoms with Crippen LogP contribution in [0.3, 0.4) is 0 Å². The number of sulfonamides is 1. The molecule has 0 unspecified atom stereocenters. The van der Waals surface area contributed by atoms with E-state index in [2.05, 4.69) is 5.32 Å². The standard InChI is InChI=1S/C22H28ClN3O3S/c1-3-15-30(28,29)26-13-11-22(12-14-26,20-6-4-5-17(2)25-20)16-24-21(27)18-7-9-19(23)10-8-18/h4-10H,3,11-16H2,1-2H3,(H,24,27). The summed E-state index contributed by atoms with van der Waals surface area (Å²) in [6.45, 7) is 5.05. The van der Waals surface area contributed by atoms with Crippen LogP contribution in [0.2, 0.25) is 5.02 Å². The molecule has 1 aliphatic heterocycles. The lowest BCUT2D eigenvalue weighted by molar-refractivity contribution is 0.0932. The Kier molecular flexibility index (Phi) is 7.16. The second-order valence-electron chi connectivity index (χ2n) is 7.85. The Morgan fingerprint density at radius 1 is 1.17 bits per heavy atom. The molecule has 0 radical (unpaired) electrons. The fourth-order valence-electron chi connectivity index (χ4n) is 3.89. The summed E-state index contributed by atoms with van der Waals surface area (Å²) in [5.41, 5.74) is 1.92. The zero-order chi connectivity index (χ0) is 21.8. The van der Waals surface area contributed by atoms with Gasteiger partial charge in [-0.15, -0.1) is 0 Å². The van der Waals surface area contributed by atoms with E-state index in [4.69, 9.17) is 16.6 Å². The molecule has 1 saturated heterocycles. The number of nitrogens with zero attached hydrogens (tertiary/aromatic N) is 2. The van der Waals surface area contributed by atoms with Crippen molar-refractivity contribution in [3.8, 4) is 0 Å². The zero-order valence-corrected chi connectivity index (χ0v) is 19.0. The van der Waals surface area contributed by atoms with Gasteiger partial charge < -0.3 is 5.32 Å². The molecule has 1 aliphatic rings. The fourth-order valence-corrected chi connectivity index (χ4v) is 5.53. The van der Waals surface area contributed by atoms with E-state index in [-0.39, 0.29) is 11.7 Å². The second-order valence-corrected chi connectivity index (χ2v) is 10.4. The Bertz CT molecular complexity index is 985. The predicted octanol–water partition coefficient (Wildman–Crippen LogP) is 3.55. The third kappa shape index (κ3) is 5.20. The fraction of sp³-hybridized carbons (Fsp3) is 0.455. The number of aryl methyl sites for hydroxylation is 1. The van der Waals surface area contributed by atoms with Crippen molar-refractivity contribution in [1.82, 2.24) is 14.6 Å². The summed E-state index contributed by atoms with van der Waals surface area (Å²) in [5, 5.41) is 3.61. The summed E-state index contributed by atoms with van der Waals surface area (Å²) >= 11 is 5.91. The first-order valence-electron chi connectivity index (χ1n) is 10.2. The Morgan fingerprint density at radius 2 is 1.83 bits per heavy atom. The molecule has 6 nitrogen and oxygen atoms in total. The van der Waals surface area contributed by atoms with E-state index in [1.165, 1.54) is 0 Å². The lowest BCUT2D eigenvalue weighted by atomic mass is 9.75. The smallest absolute Gasteiger partial charge is 0.251 e.